The molecule has 30 heavy (non-hydrogen) atoms. The summed E-state index contributed by atoms with van der Waals surface area (Å²) in [6, 6.07) is 14.3. The van der Waals surface area contributed by atoms with Crippen LogP contribution in [0.15, 0.2) is 42.5 Å². The van der Waals surface area contributed by atoms with Crippen LogP contribution < -0.4 is 10.1 Å². The van der Waals surface area contributed by atoms with Gasteiger partial charge in [0.1, 0.15) is 5.75 Å². The number of carbonyl (C=O) groups is 2. The SMILES string of the molecule is CCNC(=O)[C@@H](C)Oc1ccc2c(c1)[C@@H](c1ccc(C)cc1)N(C(=O)C1CC1)CC2. The van der Waals surface area contributed by atoms with Gasteiger partial charge in [0.2, 0.25) is 5.91 Å². The Morgan fingerprint density at radius 3 is 2.57 bits per heavy atom. The lowest BCUT2D eigenvalue weighted by molar-refractivity contribution is -0.134. The molecule has 0 unspecified atom stereocenters. The lowest BCUT2D eigenvalue weighted by Crippen LogP contribution is -2.41. The first kappa shape index (κ1) is 20.5. The molecule has 0 spiro atoms. The van der Waals surface area contributed by atoms with Crippen molar-refractivity contribution in [2.45, 2.75) is 52.2 Å². The van der Waals surface area contributed by atoms with E-state index < -0.39 is 6.10 Å². The molecule has 2 aromatic carbocycles. The molecule has 2 amide bonds. The molecule has 1 N–H and O–H groups in total. The summed E-state index contributed by atoms with van der Waals surface area (Å²) >= 11 is 0. The molecular formula is C25H30N2O3. The van der Waals surface area contributed by atoms with E-state index in [0.717, 1.165) is 36.9 Å². The molecule has 1 aliphatic heterocycles. The van der Waals surface area contributed by atoms with Crippen LogP contribution in [0.25, 0.3) is 0 Å². The maximum Gasteiger partial charge on any atom is 0.260 e. The van der Waals surface area contributed by atoms with Gasteiger partial charge in [-0.05, 0) is 68.9 Å². The van der Waals surface area contributed by atoms with Crippen LogP contribution in [0.2, 0.25) is 0 Å². The van der Waals surface area contributed by atoms with Gasteiger partial charge in [0, 0.05) is 19.0 Å². The van der Waals surface area contributed by atoms with E-state index in [2.05, 4.69) is 42.6 Å². The van der Waals surface area contributed by atoms with Crippen LogP contribution >= 0.6 is 0 Å². The Morgan fingerprint density at radius 1 is 1.17 bits per heavy atom. The van der Waals surface area contributed by atoms with Gasteiger partial charge < -0.3 is 15.0 Å². The summed E-state index contributed by atoms with van der Waals surface area (Å²) in [5, 5.41) is 2.79. The number of ether oxygens (including phenoxy) is 1. The Kier molecular flexibility index (Phi) is 5.80. The molecule has 158 valence electrons. The van der Waals surface area contributed by atoms with Crippen molar-refractivity contribution in [1.29, 1.82) is 0 Å². The van der Waals surface area contributed by atoms with Gasteiger partial charge in [0.15, 0.2) is 6.10 Å². The van der Waals surface area contributed by atoms with E-state index in [1.165, 1.54) is 11.1 Å². The molecule has 2 aromatic rings. The van der Waals surface area contributed by atoms with E-state index >= 15 is 0 Å². The Balaban J connectivity index is 1.69. The molecule has 2 atom stereocenters. The normalized spacial score (nSPS) is 19.0. The third-order valence-electron chi connectivity index (χ3n) is 5.98. The zero-order valence-corrected chi connectivity index (χ0v) is 18.0. The fourth-order valence-electron chi connectivity index (χ4n) is 4.15. The number of benzene rings is 2. The van der Waals surface area contributed by atoms with Gasteiger partial charge in [-0.2, -0.15) is 0 Å². The van der Waals surface area contributed by atoms with Crippen LogP contribution in [-0.4, -0.2) is 35.9 Å². The van der Waals surface area contributed by atoms with Crippen molar-refractivity contribution in [3.8, 4) is 5.75 Å². The van der Waals surface area contributed by atoms with Crippen molar-refractivity contribution in [2.24, 2.45) is 5.92 Å². The van der Waals surface area contributed by atoms with Crippen molar-refractivity contribution in [3.05, 3.63) is 64.7 Å². The topological polar surface area (TPSA) is 58.6 Å². The number of nitrogens with one attached hydrogen (secondary N) is 1. The molecule has 0 saturated heterocycles. The first-order chi connectivity index (χ1) is 14.5. The molecule has 0 bridgehead atoms. The van der Waals surface area contributed by atoms with Gasteiger partial charge in [-0.15, -0.1) is 0 Å². The van der Waals surface area contributed by atoms with Crippen molar-refractivity contribution >= 4 is 11.8 Å². The van der Waals surface area contributed by atoms with E-state index in [1.54, 1.807) is 6.92 Å². The van der Waals surface area contributed by atoms with Gasteiger partial charge in [0.05, 0.1) is 6.04 Å². The number of likely N-dealkylation sites (N-methyl/N-ethyl adjacent to an activating group) is 1. The van der Waals surface area contributed by atoms with Crippen LogP contribution in [0.4, 0.5) is 0 Å². The van der Waals surface area contributed by atoms with Gasteiger partial charge >= 0.3 is 0 Å². The van der Waals surface area contributed by atoms with E-state index in [-0.39, 0.29) is 23.8 Å². The second-order valence-electron chi connectivity index (χ2n) is 8.38. The Hall–Kier alpha value is -2.82. The fourth-order valence-corrected chi connectivity index (χ4v) is 4.15. The molecule has 0 radical (unpaired) electrons. The van der Waals surface area contributed by atoms with E-state index in [0.29, 0.717) is 12.3 Å². The predicted molar refractivity (Wildman–Crippen MR) is 116 cm³/mol. The molecule has 1 aliphatic carbocycles. The Labute approximate surface area is 178 Å². The van der Waals surface area contributed by atoms with Crippen LogP contribution in [-0.2, 0) is 16.0 Å². The van der Waals surface area contributed by atoms with Crippen molar-refractivity contribution < 1.29 is 14.3 Å². The zero-order valence-electron chi connectivity index (χ0n) is 18.0. The second-order valence-corrected chi connectivity index (χ2v) is 8.38. The molecule has 1 saturated carbocycles. The van der Waals surface area contributed by atoms with Crippen LogP contribution in [0, 0.1) is 12.8 Å². The molecule has 4 rings (SSSR count). The minimum atomic E-state index is -0.575. The van der Waals surface area contributed by atoms with Crippen molar-refractivity contribution in [2.75, 3.05) is 13.1 Å². The highest BCUT2D eigenvalue weighted by Gasteiger charge is 2.39. The highest BCUT2D eigenvalue weighted by Crippen LogP contribution is 2.41. The van der Waals surface area contributed by atoms with Gasteiger partial charge in [-0.3, -0.25) is 9.59 Å². The largest absolute Gasteiger partial charge is 0.481 e. The van der Waals surface area contributed by atoms with Crippen molar-refractivity contribution in [1.82, 2.24) is 10.2 Å². The lowest BCUT2D eigenvalue weighted by Gasteiger charge is -2.38. The molecule has 5 heteroatoms. The number of hydrogen-bond donors (Lipinski definition) is 1. The number of nitrogens with zero attached hydrogens (tertiary/aromatic N) is 1. The first-order valence-corrected chi connectivity index (χ1v) is 10.9. The third-order valence-corrected chi connectivity index (χ3v) is 5.98. The highest BCUT2D eigenvalue weighted by atomic mass is 16.5. The standard InChI is InChI=1S/C25H30N2O3/c1-4-26-24(28)17(3)30-21-12-11-18-13-14-27(25(29)20-9-10-20)23(22(18)15-21)19-7-5-16(2)6-8-19/h5-8,11-12,15,17,20,23H,4,9-10,13-14H2,1-3H3,(H,26,28)/t17-,23-/m1/s1. The smallest absolute Gasteiger partial charge is 0.260 e. The molecule has 2 aliphatic rings. The molecular weight excluding hydrogens is 376 g/mol. The van der Waals surface area contributed by atoms with E-state index in [9.17, 15) is 9.59 Å². The minimum Gasteiger partial charge on any atom is -0.481 e. The molecule has 5 nitrogen and oxygen atoms in total. The number of aryl methyl sites for hydroxylation is 1. The third kappa shape index (κ3) is 4.20. The van der Waals surface area contributed by atoms with Crippen molar-refractivity contribution in [3.63, 3.8) is 0 Å². The maximum atomic E-state index is 13.1. The van der Waals surface area contributed by atoms with E-state index in [4.69, 9.17) is 4.74 Å². The quantitative estimate of drug-likeness (QED) is 0.794. The summed E-state index contributed by atoms with van der Waals surface area (Å²) in [5.74, 6) is 0.964. The highest BCUT2D eigenvalue weighted by molar-refractivity contribution is 5.82. The Morgan fingerprint density at radius 2 is 1.90 bits per heavy atom. The first-order valence-electron chi connectivity index (χ1n) is 10.9. The second kappa shape index (κ2) is 8.50. The molecule has 1 heterocycles. The van der Waals surface area contributed by atoms with E-state index in [1.807, 2.05) is 24.0 Å². The zero-order chi connectivity index (χ0) is 21.3. The number of carbonyl (C=O) groups excluding carboxylic acids is 2. The summed E-state index contributed by atoms with van der Waals surface area (Å²) in [7, 11) is 0. The average Bonchev–Trinajstić information content (AvgIpc) is 3.58. The maximum absolute atomic E-state index is 13.1. The lowest BCUT2D eigenvalue weighted by atomic mass is 9.87. The fraction of sp³-hybridized carbons (Fsp3) is 0.440. The summed E-state index contributed by atoms with van der Waals surface area (Å²) < 4.78 is 5.94. The van der Waals surface area contributed by atoms with Crippen LogP contribution in [0.5, 0.6) is 5.75 Å². The van der Waals surface area contributed by atoms with Gasteiger partial charge in [-0.25, -0.2) is 0 Å². The summed E-state index contributed by atoms with van der Waals surface area (Å²) in [5.41, 5.74) is 4.64. The summed E-state index contributed by atoms with van der Waals surface area (Å²) in [6.45, 7) is 7.02. The Bertz CT molecular complexity index is 934. The number of rotatable bonds is 6. The van der Waals surface area contributed by atoms with Gasteiger partial charge in [0.25, 0.3) is 5.91 Å². The van der Waals surface area contributed by atoms with Gasteiger partial charge in [-0.1, -0.05) is 35.9 Å². The average molecular weight is 407 g/mol. The number of fused-ring (bicyclic) bond motifs is 1. The predicted octanol–water partition coefficient (Wildman–Crippen LogP) is 3.78. The number of hydrogen-bond acceptors (Lipinski definition) is 3. The van der Waals surface area contributed by atoms with Crippen LogP contribution in [0.3, 0.4) is 0 Å². The monoisotopic (exact) mass is 406 g/mol. The van der Waals surface area contributed by atoms with Crippen LogP contribution in [0.1, 0.15) is 55.0 Å². The molecule has 0 aromatic heterocycles. The summed E-state index contributed by atoms with van der Waals surface area (Å²) in [6.07, 6.45) is 2.25. The number of amides is 2. The molecule has 1 fully saturated rings. The minimum absolute atomic E-state index is 0.120. The summed E-state index contributed by atoms with van der Waals surface area (Å²) in [4.78, 5) is 27.2.